The third-order valence-electron chi connectivity index (χ3n) is 4.03. The van der Waals surface area contributed by atoms with Gasteiger partial charge in [0.05, 0.1) is 14.2 Å². The molecular formula is C21H22N2O2S. The number of methoxy groups -OCH3 is 2. The first-order valence-electron chi connectivity index (χ1n) is 8.27. The molecule has 4 nitrogen and oxygen atoms in total. The fraction of sp³-hybridized carbons (Fsp3) is 0.143. The third-order valence-corrected chi connectivity index (χ3v) is 4.88. The number of anilines is 1. The molecule has 0 unspecified atom stereocenters. The fourth-order valence-electron chi connectivity index (χ4n) is 2.67. The highest BCUT2D eigenvalue weighted by molar-refractivity contribution is 7.97. The second-order valence-corrected chi connectivity index (χ2v) is 6.66. The van der Waals surface area contributed by atoms with E-state index in [1.54, 1.807) is 26.2 Å². The highest BCUT2D eigenvalue weighted by Crippen LogP contribution is 2.32. The molecule has 0 amide bonds. The Balaban J connectivity index is 1.75. The van der Waals surface area contributed by atoms with E-state index in [0.717, 1.165) is 33.2 Å². The quantitative estimate of drug-likeness (QED) is 0.467. The van der Waals surface area contributed by atoms with Gasteiger partial charge >= 0.3 is 0 Å². The zero-order valence-corrected chi connectivity index (χ0v) is 15.7. The molecule has 3 aromatic rings. The van der Waals surface area contributed by atoms with Crippen molar-refractivity contribution in [1.82, 2.24) is 4.72 Å². The summed E-state index contributed by atoms with van der Waals surface area (Å²) in [6.45, 7) is 0.654. The predicted octanol–water partition coefficient (Wildman–Crippen LogP) is 4.75. The third kappa shape index (κ3) is 4.31. The summed E-state index contributed by atoms with van der Waals surface area (Å²) >= 11 is 1.56. The van der Waals surface area contributed by atoms with Crippen LogP contribution in [-0.4, -0.2) is 14.2 Å². The minimum Gasteiger partial charge on any atom is -0.497 e. The lowest BCUT2D eigenvalue weighted by Gasteiger charge is -2.13. The molecule has 0 aliphatic carbocycles. The van der Waals surface area contributed by atoms with Crippen molar-refractivity contribution in [1.29, 1.82) is 0 Å². The van der Waals surface area contributed by atoms with Crippen LogP contribution in [0.25, 0.3) is 11.1 Å². The van der Waals surface area contributed by atoms with Gasteiger partial charge in [0.15, 0.2) is 0 Å². The van der Waals surface area contributed by atoms with E-state index in [1.807, 2.05) is 48.5 Å². The molecule has 3 rings (SSSR count). The summed E-state index contributed by atoms with van der Waals surface area (Å²) in [5, 5.41) is 0. The first-order valence-corrected chi connectivity index (χ1v) is 9.08. The minimum atomic E-state index is 0.654. The lowest BCUT2D eigenvalue weighted by Crippen LogP contribution is -2.05. The minimum absolute atomic E-state index is 0.654. The zero-order chi connectivity index (χ0) is 18.4. The molecule has 3 N–H and O–H groups in total. The average Bonchev–Trinajstić information content (AvgIpc) is 2.69. The number of ether oxygens (including phenoxy) is 2. The van der Waals surface area contributed by atoms with Gasteiger partial charge in [-0.25, -0.2) is 0 Å². The molecule has 0 radical (unpaired) electrons. The van der Waals surface area contributed by atoms with Crippen LogP contribution in [-0.2, 0) is 6.54 Å². The van der Waals surface area contributed by atoms with Crippen molar-refractivity contribution in [2.45, 2.75) is 11.4 Å². The van der Waals surface area contributed by atoms with Crippen LogP contribution in [0, 0.1) is 0 Å². The van der Waals surface area contributed by atoms with Gasteiger partial charge in [-0.1, -0.05) is 42.5 Å². The molecule has 5 heteroatoms. The molecule has 0 aliphatic heterocycles. The molecule has 0 aliphatic rings. The Kier molecular flexibility index (Phi) is 6.04. The van der Waals surface area contributed by atoms with Crippen molar-refractivity contribution in [3.05, 3.63) is 72.3 Å². The first-order chi connectivity index (χ1) is 12.7. The van der Waals surface area contributed by atoms with Crippen molar-refractivity contribution >= 4 is 17.6 Å². The van der Waals surface area contributed by atoms with Crippen molar-refractivity contribution in [3.8, 4) is 22.6 Å². The normalized spacial score (nSPS) is 10.5. The van der Waals surface area contributed by atoms with Crippen molar-refractivity contribution < 1.29 is 9.47 Å². The van der Waals surface area contributed by atoms with Crippen LogP contribution in [0.15, 0.2) is 71.6 Å². The Morgan fingerprint density at radius 3 is 2.46 bits per heavy atom. The van der Waals surface area contributed by atoms with E-state index in [0.29, 0.717) is 6.54 Å². The lowest BCUT2D eigenvalue weighted by molar-refractivity contribution is 0.391. The molecule has 26 heavy (non-hydrogen) atoms. The van der Waals surface area contributed by atoms with Crippen molar-refractivity contribution in [2.24, 2.45) is 0 Å². The smallest absolute Gasteiger partial charge is 0.127 e. The lowest BCUT2D eigenvalue weighted by atomic mass is 10.1. The van der Waals surface area contributed by atoms with Gasteiger partial charge in [0.1, 0.15) is 11.5 Å². The molecule has 0 saturated heterocycles. The summed E-state index contributed by atoms with van der Waals surface area (Å²) in [6.07, 6.45) is 0. The van der Waals surface area contributed by atoms with Crippen LogP contribution < -0.4 is 19.9 Å². The summed E-state index contributed by atoms with van der Waals surface area (Å²) in [5.74, 6) is 1.58. The van der Waals surface area contributed by atoms with Crippen molar-refractivity contribution in [2.75, 3.05) is 20.0 Å². The van der Waals surface area contributed by atoms with E-state index in [1.165, 1.54) is 5.56 Å². The highest BCUT2D eigenvalue weighted by atomic mass is 32.2. The molecule has 0 atom stereocenters. The fourth-order valence-corrected chi connectivity index (χ4v) is 3.54. The topological polar surface area (TPSA) is 56.5 Å². The number of rotatable bonds is 7. The van der Waals surface area contributed by atoms with Gasteiger partial charge in [-0.15, -0.1) is 0 Å². The second-order valence-electron chi connectivity index (χ2n) is 5.72. The number of benzene rings is 3. The second kappa shape index (κ2) is 8.65. The Hall–Kier alpha value is -2.63. The SMILES string of the molecule is COc1ccc(CNSc2cc(N)ccc2-c2ccccc2)c(OC)c1. The van der Waals surface area contributed by atoms with Crippen molar-refractivity contribution in [3.63, 3.8) is 0 Å². The first kappa shape index (κ1) is 18.2. The van der Waals surface area contributed by atoms with Crippen LogP contribution in [0.2, 0.25) is 0 Å². The number of hydrogen-bond donors (Lipinski definition) is 2. The Morgan fingerprint density at radius 1 is 0.923 bits per heavy atom. The molecular weight excluding hydrogens is 344 g/mol. The average molecular weight is 366 g/mol. The van der Waals surface area contributed by atoms with Gasteiger partial charge in [0.25, 0.3) is 0 Å². The highest BCUT2D eigenvalue weighted by Gasteiger charge is 2.08. The monoisotopic (exact) mass is 366 g/mol. The van der Waals surface area contributed by atoms with Crippen LogP contribution in [0.1, 0.15) is 5.56 Å². The Labute approximate surface area is 158 Å². The van der Waals surface area contributed by atoms with Gasteiger partial charge < -0.3 is 15.2 Å². The molecule has 0 fully saturated rings. The Bertz CT molecular complexity index is 869. The molecule has 134 valence electrons. The van der Waals surface area contributed by atoms with E-state index in [2.05, 4.69) is 22.9 Å². The molecule has 3 aromatic carbocycles. The van der Waals surface area contributed by atoms with Gasteiger partial charge in [-0.3, -0.25) is 4.72 Å². The van der Waals surface area contributed by atoms with Gasteiger partial charge in [-0.2, -0.15) is 0 Å². The van der Waals surface area contributed by atoms with E-state index in [9.17, 15) is 0 Å². The molecule has 0 spiro atoms. The van der Waals surface area contributed by atoms with E-state index >= 15 is 0 Å². The summed E-state index contributed by atoms with van der Waals surface area (Å²) in [6, 6.07) is 22.1. The van der Waals surface area contributed by atoms with Gasteiger partial charge in [0.2, 0.25) is 0 Å². The van der Waals surface area contributed by atoms with Crippen LogP contribution in [0.3, 0.4) is 0 Å². The Morgan fingerprint density at radius 2 is 1.73 bits per heavy atom. The number of nitrogens with one attached hydrogen (secondary N) is 1. The maximum absolute atomic E-state index is 5.99. The summed E-state index contributed by atoms with van der Waals surface area (Å²) in [5.41, 5.74) is 10.1. The van der Waals surface area contributed by atoms with Crippen LogP contribution in [0.4, 0.5) is 5.69 Å². The van der Waals surface area contributed by atoms with Gasteiger partial charge in [-0.05, 0) is 41.3 Å². The largest absolute Gasteiger partial charge is 0.497 e. The van der Waals surface area contributed by atoms with Crippen LogP contribution in [0.5, 0.6) is 11.5 Å². The molecule has 0 heterocycles. The number of nitrogens with two attached hydrogens (primary N) is 1. The summed E-state index contributed by atoms with van der Waals surface area (Å²) in [4.78, 5) is 1.09. The summed E-state index contributed by atoms with van der Waals surface area (Å²) in [7, 11) is 3.31. The number of hydrogen-bond acceptors (Lipinski definition) is 5. The zero-order valence-electron chi connectivity index (χ0n) is 14.9. The predicted molar refractivity (Wildman–Crippen MR) is 109 cm³/mol. The molecule has 0 saturated carbocycles. The van der Waals surface area contributed by atoms with E-state index in [-0.39, 0.29) is 0 Å². The van der Waals surface area contributed by atoms with Gasteiger partial charge in [0, 0.05) is 28.8 Å². The van der Waals surface area contributed by atoms with Crippen LogP contribution >= 0.6 is 11.9 Å². The maximum atomic E-state index is 5.99. The number of nitrogen functional groups attached to an aromatic ring is 1. The summed E-state index contributed by atoms with van der Waals surface area (Å²) < 4.78 is 14.1. The molecule has 0 bridgehead atoms. The molecule has 0 aromatic heterocycles. The van der Waals surface area contributed by atoms with E-state index in [4.69, 9.17) is 15.2 Å². The standard InChI is InChI=1S/C21H22N2O2S/c1-24-18-10-8-16(20(13-18)25-2)14-23-26-21-12-17(22)9-11-19(21)15-6-4-3-5-7-15/h3-13,23H,14,22H2,1-2H3. The maximum Gasteiger partial charge on any atom is 0.127 e. The van der Waals surface area contributed by atoms with E-state index < -0.39 is 0 Å².